The number of hydrogen-bond donors (Lipinski definition) is 0. The molecule has 27 heavy (non-hydrogen) atoms. The van der Waals surface area contributed by atoms with Gasteiger partial charge in [0.15, 0.2) is 0 Å². The smallest absolute Gasteiger partial charge is 0.310 e. The highest BCUT2D eigenvalue weighted by Gasteiger charge is 2.63. The third-order valence-electron chi connectivity index (χ3n) is 5.38. The second-order valence-electron chi connectivity index (χ2n) is 9.94. The zero-order chi connectivity index (χ0) is 21.4. The van der Waals surface area contributed by atoms with Gasteiger partial charge in [0.2, 0.25) is 0 Å². The number of carbonyl (C=O) groups excluding carboxylic acids is 4. The third-order valence-corrected chi connectivity index (χ3v) is 5.38. The lowest BCUT2D eigenvalue weighted by Gasteiger charge is -2.19. The van der Waals surface area contributed by atoms with E-state index >= 15 is 0 Å². The lowest BCUT2D eigenvalue weighted by Crippen LogP contribution is -2.26. The average Bonchev–Trinajstić information content (AvgIpc) is 3.24. The molecule has 4 unspecified atom stereocenters. The maximum absolute atomic E-state index is 11.6. The first-order valence-electron chi connectivity index (χ1n) is 9.45. The van der Waals surface area contributed by atoms with Crippen LogP contribution in [0.2, 0.25) is 0 Å². The first kappa shape index (κ1) is 23.3. The molecular weight excluding hydrogens is 348 g/mol. The van der Waals surface area contributed by atoms with Crippen LogP contribution in [0.15, 0.2) is 0 Å². The van der Waals surface area contributed by atoms with Crippen molar-refractivity contribution >= 4 is 24.5 Å². The molecule has 0 N–H and O–H groups in total. The topological polar surface area (TPSA) is 86.7 Å². The lowest BCUT2D eigenvalue weighted by molar-refractivity contribution is -0.158. The molecule has 0 aliphatic heterocycles. The number of esters is 2. The minimum atomic E-state index is -0.469. The Labute approximate surface area is 162 Å². The molecule has 0 heterocycles. The average molecular weight is 382 g/mol. The summed E-state index contributed by atoms with van der Waals surface area (Å²) in [6, 6.07) is 0. The zero-order valence-electron chi connectivity index (χ0n) is 18.0. The Kier molecular flexibility index (Phi) is 6.67. The van der Waals surface area contributed by atoms with E-state index in [9.17, 15) is 19.2 Å². The molecule has 4 atom stereocenters. The predicted octanol–water partition coefficient (Wildman–Crippen LogP) is 3.21. The van der Waals surface area contributed by atoms with Crippen molar-refractivity contribution < 1.29 is 28.7 Å². The summed E-state index contributed by atoms with van der Waals surface area (Å²) in [5.74, 6) is -1.29. The summed E-state index contributed by atoms with van der Waals surface area (Å²) in [5, 5.41) is 0. The molecule has 0 radical (unpaired) electrons. The van der Waals surface area contributed by atoms with Crippen molar-refractivity contribution in [2.45, 2.75) is 74.0 Å². The van der Waals surface area contributed by atoms with Crippen LogP contribution in [0.5, 0.6) is 0 Å². The van der Waals surface area contributed by atoms with Crippen molar-refractivity contribution in [2.24, 2.45) is 34.5 Å². The molecule has 2 aliphatic carbocycles. The highest BCUT2D eigenvalue weighted by atomic mass is 16.6. The highest BCUT2D eigenvalue weighted by molar-refractivity contribution is 5.85. The van der Waals surface area contributed by atoms with Gasteiger partial charge < -0.3 is 19.1 Å². The number of ether oxygens (including phenoxy) is 2. The summed E-state index contributed by atoms with van der Waals surface area (Å²) in [7, 11) is 0. The second kappa shape index (κ2) is 7.72. The fourth-order valence-electron chi connectivity index (χ4n) is 3.43. The number of carbonyl (C=O) groups is 4. The largest absolute Gasteiger partial charge is 0.463 e. The summed E-state index contributed by atoms with van der Waals surface area (Å²) in [6.07, 6.45) is 1.61. The Morgan fingerprint density at radius 2 is 1.22 bits per heavy atom. The van der Waals surface area contributed by atoms with Gasteiger partial charge in [-0.25, -0.2) is 0 Å². The molecule has 154 valence electrons. The van der Waals surface area contributed by atoms with E-state index in [0.717, 1.165) is 12.6 Å². The van der Waals surface area contributed by atoms with Gasteiger partial charge in [-0.3, -0.25) is 9.59 Å². The number of aldehydes is 2. The molecule has 0 aromatic rings. The first-order chi connectivity index (χ1) is 12.1. The molecule has 0 bridgehead atoms. The van der Waals surface area contributed by atoms with Gasteiger partial charge in [0.05, 0.1) is 17.9 Å². The van der Waals surface area contributed by atoms with Gasteiger partial charge in [0, 0.05) is 11.8 Å². The third kappa shape index (κ3) is 5.39. The van der Waals surface area contributed by atoms with Crippen LogP contribution in [0.1, 0.15) is 62.3 Å². The van der Waals surface area contributed by atoms with Crippen molar-refractivity contribution in [3.63, 3.8) is 0 Å². The van der Waals surface area contributed by atoms with E-state index in [1.807, 2.05) is 62.3 Å². The van der Waals surface area contributed by atoms with E-state index in [1.165, 1.54) is 0 Å². The highest BCUT2D eigenvalue weighted by Crippen LogP contribution is 2.58. The number of rotatable bonds is 5. The Hall–Kier alpha value is -1.72. The van der Waals surface area contributed by atoms with E-state index in [0.29, 0.717) is 0 Å². The van der Waals surface area contributed by atoms with Crippen LogP contribution in [0, 0.1) is 34.5 Å². The van der Waals surface area contributed by atoms with Gasteiger partial charge in [-0.05, 0) is 45.4 Å². The van der Waals surface area contributed by atoms with Crippen LogP contribution >= 0.6 is 0 Å². The Balaban J connectivity index is 0.000000271. The van der Waals surface area contributed by atoms with Gasteiger partial charge in [0.1, 0.15) is 18.2 Å². The molecule has 0 amide bonds. The standard InChI is InChI=1S/C11H18O3.C10H16O3/c1-10(2,3)14-9(13)8-7(6-12)11(8,4)5;1-6(2)13-9(12)8-7(5-11)10(8,3)4/h6-8H,1-5H3;5-8H,1-4H3. The molecule has 0 saturated heterocycles. The maximum atomic E-state index is 11.6. The number of hydrogen-bond acceptors (Lipinski definition) is 6. The van der Waals surface area contributed by atoms with Crippen molar-refractivity contribution in [1.29, 1.82) is 0 Å². The van der Waals surface area contributed by atoms with Crippen molar-refractivity contribution in [3.05, 3.63) is 0 Å². The minimum Gasteiger partial charge on any atom is -0.463 e. The van der Waals surface area contributed by atoms with Gasteiger partial charge in [-0.1, -0.05) is 27.7 Å². The lowest BCUT2D eigenvalue weighted by atomic mass is 10.1. The monoisotopic (exact) mass is 382 g/mol. The second-order valence-corrected chi connectivity index (χ2v) is 9.94. The van der Waals surface area contributed by atoms with E-state index in [1.54, 1.807) is 0 Å². The Bertz CT molecular complexity index is 596. The van der Waals surface area contributed by atoms with E-state index in [4.69, 9.17) is 9.47 Å². The summed E-state index contributed by atoms with van der Waals surface area (Å²) < 4.78 is 10.3. The van der Waals surface area contributed by atoms with Gasteiger partial charge in [-0.2, -0.15) is 0 Å². The van der Waals surface area contributed by atoms with Crippen LogP contribution in [0.3, 0.4) is 0 Å². The summed E-state index contributed by atoms with van der Waals surface area (Å²) in [4.78, 5) is 44.3. The molecule has 6 heteroatoms. The summed E-state index contributed by atoms with van der Waals surface area (Å²) in [6.45, 7) is 16.8. The Morgan fingerprint density at radius 1 is 0.852 bits per heavy atom. The normalized spacial score (nSPS) is 29.7. The summed E-state index contributed by atoms with van der Waals surface area (Å²) in [5.41, 5.74) is -0.888. The van der Waals surface area contributed by atoms with E-state index in [2.05, 4.69) is 0 Å². The van der Waals surface area contributed by atoms with Crippen LogP contribution in [-0.4, -0.2) is 36.2 Å². The molecule has 0 aromatic heterocycles. The molecule has 2 rings (SSSR count). The fraction of sp³-hybridized carbons (Fsp3) is 0.810. The predicted molar refractivity (Wildman–Crippen MR) is 101 cm³/mol. The molecular formula is C21H34O6. The molecule has 2 fully saturated rings. The van der Waals surface area contributed by atoms with Crippen molar-refractivity contribution in [3.8, 4) is 0 Å². The fourth-order valence-corrected chi connectivity index (χ4v) is 3.43. The molecule has 2 aliphatic rings. The van der Waals surface area contributed by atoms with Gasteiger partial charge >= 0.3 is 11.9 Å². The van der Waals surface area contributed by atoms with Gasteiger partial charge in [0.25, 0.3) is 0 Å². The quantitative estimate of drug-likeness (QED) is 0.536. The molecule has 6 nitrogen and oxygen atoms in total. The first-order valence-corrected chi connectivity index (χ1v) is 9.45. The van der Waals surface area contributed by atoms with Crippen molar-refractivity contribution in [2.75, 3.05) is 0 Å². The van der Waals surface area contributed by atoms with E-state index in [-0.39, 0.29) is 52.5 Å². The molecule has 0 spiro atoms. The van der Waals surface area contributed by atoms with Crippen molar-refractivity contribution in [1.82, 2.24) is 0 Å². The molecule has 2 saturated carbocycles. The minimum absolute atomic E-state index is 0.101. The van der Waals surface area contributed by atoms with Crippen LogP contribution in [0.4, 0.5) is 0 Å². The summed E-state index contributed by atoms with van der Waals surface area (Å²) >= 11 is 0. The van der Waals surface area contributed by atoms with E-state index < -0.39 is 5.60 Å². The maximum Gasteiger partial charge on any atom is 0.310 e. The van der Waals surface area contributed by atoms with Crippen LogP contribution in [0.25, 0.3) is 0 Å². The van der Waals surface area contributed by atoms with Gasteiger partial charge in [-0.15, -0.1) is 0 Å². The van der Waals surface area contributed by atoms with Crippen LogP contribution in [-0.2, 0) is 28.7 Å². The Morgan fingerprint density at radius 3 is 1.48 bits per heavy atom. The molecule has 0 aromatic carbocycles. The SMILES string of the molecule is CC(C)(C)OC(=O)C1C(C=O)C1(C)C.CC(C)OC(=O)C1C(C=O)C1(C)C. The zero-order valence-corrected chi connectivity index (χ0v) is 18.0. The van der Waals surface area contributed by atoms with Crippen LogP contribution < -0.4 is 0 Å².